The molecule has 30 valence electrons. The molecule has 0 fully saturated rings. The molecule has 0 bridgehead atoms. The normalized spacial score (nSPS) is 0. The first-order chi connectivity index (χ1) is 0. The van der Waals surface area contributed by atoms with Crippen molar-refractivity contribution in [1.29, 1.82) is 0 Å². The number of hydrogen-bond acceptors (Lipinski definition) is 0. The van der Waals surface area contributed by atoms with Crippen LogP contribution in [0.15, 0.2) is 0 Å². The van der Waals surface area contributed by atoms with Gasteiger partial charge >= 0.3 is 31.1 Å². The fourth-order valence-electron chi connectivity index (χ4n) is 0. The van der Waals surface area contributed by atoms with Crippen LogP contribution in [0.5, 0.6) is 0 Å². The summed E-state index contributed by atoms with van der Waals surface area (Å²) in [6.45, 7) is 0. The number of hydrogen-bond donors (Lipinski definition) is 0. The first-order valence-electron chi connectivity index (χ1n) is 0. The van der Waals surface area contributed by atoms with E-state index in [0.717, 1.165) is 0 Å². The standard InChI is InChI=1S/2FH.2O.U/h2*1H;;;/q;;2*-2;+6/p-2. The van der Waals surface area contributed by atoms with Gasteiger partial charge in [0.1, 0.15) is 0 Å². The molecule has 0 rings (SSSR count). The molecule has 0 aromatic rings. The summed E-state index contributed by atoms with van der Waals surface area (Å²) < 4.78 is 0. The molecule has 0 aromatic heterocycles. The van der Waals surface area contributed by atoms with Crippen molar-refractivity contribution in [3.63, 3.8) is 0 Å². The fraction of sp³-hybridized carbons (Fsp3) is 0. The Bertz CT molecular complexity index is 7.61. The van der Waals surface area contributed by atoms with Gasteiger partial charge in [0.15, 0.2) is 0 Å². The first-order valence-corrected chi connectivity index (χ1v) is 0. The molecule has 0 radical (unpaired) electrons. The van der Waals surface area contributed by atoms with E-state index >= 15 is 0 Å². The summed E-state index contributed by atoms with van der Waals surface area (Å²) in [4.78, 5) is 0. The Hall–Kier alpha value is 0.832. The van der Waals surface area contributed by atoms with Crippen LogP contribution in [0, 0.1) is 31.1 Å². The molecule has 0 amide bonds. The van der Waals surface area contributed by atoms with Gasteiger partial charge in [0.05, 0.1) is 0 Å². The van der Waals surface area contributed by atoms with E-state index in [1.54, 1.807) is 0 Å². The smallest absolute Gasteiger partial charge is 2.00 e. The molecule has 0 saturated heterocycles. The third kappa shape index (κ3) is 56.0. The van der Waals surface area contributed by atoms with Crippen LogP contribution in [0.4, 0.5) is 0 Å². The minimum absolute atomic E-state index is 0. The second-order valence-corrected chi connectivity index (χ2v) is 0. The molecule has 0 saturated carbocycles. The molecule has 5 heavy (non-hydrogen) atoms. The Labute approximate surface area is 51.7 Å². The number of halogens is 2. The van der Waals surface area contributed by atoms with E-state index in [-0.39, 0.29) is 51.5 Å². The van der Waals surface area contributed by atoms with Crippen LogP contribution in [-0.4, -0.2) is 0 Å². The van der Waals surface area contributed by atoms with Crippen LogP contribution in [-0.2, 0) is 11.0 Å². The molecule has 0 heterocycles. The second kappa shape index (κ2) is 103. The van der Waals surface area contributed by atoms with Gasteiger partial charge in [-0.2, -0.15) is 0 Å². The largest absolute Gasteiger partial charge is 6.00 e. The quantitative estimate of drug-likeness (QED) is 0.428. The van der Waals surface area contributed by atoms with Gasteiger partial charge in [0, 0.05) is 0 Å². The third-order valence-corrected chi connectivity index (χ3v) is 0. The van der Waals surface area contributed by atoms with Crippen LogP contribution in [0.3, 0.4) is 0 Å². The average molecular weight is 308 g/mol. The second-order valence-electron chi connectivity index (χ2n) is 0. The van der Waals surface area contributed by atoms with Gasteiger partial charge in [-0.15, -0.1) is 0 Å². The van der Waals surface area contributed by atoms with Gasteiger partial charge in [-0.05, 0) is 0 Å². The summed E-state index contributed by atoms with van der Waals surface area (Å²) in [5, 5.41) is 0. The minimum Gasteiger partial charge on any atom is -2.00 e. The van der Waals surface area contributed by atoms with Gasteiger partial charge in [0.2, 0.25) is 0 Å². The minimum atomic E-state index is 0. The Morgan fingerprint density at radius 1 is 0.600 bits per heavy atom. The van der Waals surface area contributed by atoms with Crippen LogP contribution >= 0.6 is 0 Å². The summed E-state index contributed by atoms with van der Waals surface area (Å²) in [6.07, 6.45) is 0. The average Bonchev–Trinajstić information content (AvgIpc) is 0. The van der Waals surface area contributed by atoms with Gasteiger partial charge in [-0.25, -0.2) is 0 Å². The van der Waals surface area contributed by atoms with Crippen molar-refractivity contribution < 1.29 is 51.5 Å². The Morgan fingerprint density at radius 3 is 0.600 bits per heavy atom. The zero-order valence-electron chi connectivity index (χ0n) is 2.07. The molecule has 0 spiro atoms. The molecular weight excluding hydrogens is 308 g/mol. The Kier molecular flexibility index (Phi) is 4030. The molecule has 0 aliphatic rings. The molecule has 0 unspecified atom stereocenters. The van der Waals surface area contributed by atoms with Crippen LogP contribution in [0.25, 0.3) is 0 Å². The fourth-order valence-corrected chi connectivity index (χ4v) is 0. The topological polar surface area (TPSA) is 57.0 Å². The Balaban J connectivity index is 0. The van der Waals surface area contributed by atoms with E-state index in [1.807, 2.05) is 0 Å². The van der Waals surface area contributed by atoms with Gasteiger partial charge < -0.3 is 20.4 Å². The van der Waals surface area contributed by atoms with Gasteiger partial charge in [-0.1, -0.05) is 0 Å². The zero-order chi connectivity index (χ0) is 0. The number of rotatable bonds is 0. The Morgan fingerprint density at radius 2 is 0.600 bits per heavy atom. The molecule has 0 N–H and O–H groups in total. The van der Waals surface area contributed by atoms with Crippen LogP contribution in [0.2, 0.25) is 0 Å². The van der Waals surface area contributed by atoms with Crippen molar-refractivity contribution in [3.05, 3.63) is 0 Å². The summed E-state index contributed by atoms with van der Waals surface area (Å²) in [7, 11) is 0. The van der Waals surface area contributed by atoms with Crippen LogP contribution < -0.4 is 9.41 Å². The maximum absolute atomic E-state index is 0. The van der Waals surface area contributed by atoms with Crippen molar-refractivity contribution in [3.8, 4) is 0 Å². The van der Waals surface area contributed by atoms with Crippen LogP contribution in [0.1, 0.15) is 0 Å². The molecule has 0 aromatic carbocycles. The predicted octanol–water partition coefficient (Wildman–Crippen LogP) is -6.23. The van der Waals surface area contributed by atoms with E-state index < -0.39 is 0 Å². The maximum Gasteiger partial charge on any atom is 6.00 e. The van der Waals surface area contributed by atoms with Crippen molar-refractivity contribution >= 4 is 0 Å². The van der Waals surface area contributed by atoms with E-state index in [1.165, 1.54) is 0 Å². The first kappa shape index (κ1) is 197. The molecule has 0 aliphatic heterocycles. The summed E-state index contributed by atoms with van der Waals surface area (Å²) in [6, 6.07) is 0. The molecule has 0 atom stereocenters. The van der Waals surface area contributed by atoms with E-state index in [4.69, 9.17) is 0 Å². The molecular formula is F2O2U. The van der Waals surface area contributed by atoms with Crippen molar-refractivity contribution in [1.82, 2.24) is 0 Å². The van der Waals surface area contributed by atoms with Gasteiger partial charge in [0.25, 0.3) is 0 Å². The maximum atomic E-state index is 0. The summed E-state index contributed by atoms with van der Waals surface area (Å²) >= 11 is 0. The monoisotopic (exact) mass is 308 g/mol. The summed E-state index contributed by atoms with van der Waals surface area (Å²) in [5.74, 6) is 0. The van der Waals surface area contributed by atoms with E-state index in [0.29, 0.717) is 0 Å². The van der Waals surface area contributed by atoms with Crippen molar-refractivity contribution in [2.24, 2.45) is 0 Å². The van der Waals surface area contributed by atoms with Crippen molar-refractivity contribution in [2.45, 2.75) is 0 Å². The van der Waals surface area contributed by atoms with Gasteiger partial charge in [-0.3, -0.25) is 0 Å². The van der Waals surface area contributed by atoms with E-state index in [2.05, 4.69) is 0 Å². The molecule has 0 aliphatic carbocycles. The predicted molar refractivity (Wildman–Crippen MR) is 1.37 cm³/mol. The van der Waals surface area contributed by atoms with E-state index in [9.17, 15) is 0 Å². The summed E-state index contributed by atoms with van der Waals surface area (Å²) in [5.41, 5.74) is 0. The van der Waals surface area contributed by atoms with Crippen molar-refractivity contribution in [2.75, 3.05) is 0 Å². The molecule has 5 heteroatoms. The zero-order valence-corrected chi connectivity index (χ0v) is 6.24. The molecule has 2 nitrogen and oxygen atoms in total. The SMILES string of the molecule is [F-].[F-].[O-2].[O-2].[U+6]. The third-order valence-electron chi connectivity index (χ3n) is 0.